The van der Waals surface area contributed by atoms with Gasteiger partial charge in [-0.05, 0) is 44.4 Å². The Kier molecular flexibility index (Phi) is 5.06. The zero-order valence-electron chi connectivity index (χ0n) is 16.6. The summed E-state index contributed by atoms with van der Waals surface area (Å²) in [5.41, 5.74) is 0. The van der Waals surface area contributed by atoms with Crippen LogP contribution < -0.4 is 10.6 Å². The van der Waals surface area contributed by atoms with Crippen LogP contribution in [0.25, 0.3) is 0 Å². The zero-order valence-corrected chi connectivity index (χ0v) is 16.6. The minimum atomic E-state index is 0.0156. The van der Waals surface area contributed by atoms with Crippen LogP contribution in [0.3, 0.4) is 0 Å². The van der Waals surface area contributed by atoms with E-state index < -0.39 is 0 Å². The molecule has 1 aromatic rings. The lowest BCUT2D eigenvalue weighted by atomic mass is 9.95. The third-order valence-corrected chi connectivity index (χ3v) is 6.24. The molecule has 0 spiro atoms. The number of nitrogens with one attached hydrogen (secondary N) is 2. The van der Waals surface area contributed by atoms with Gasteiger partial charge in [-0.3, -0.25) is 4.79 Å². The number of aromatic nitrogens is 3. The summed E-state index contributed by atoms with van der Waals surface area (Å²) in [7, 11) is 3.54. The van der Waals surface area contributed by atoms with E-state index in [0.29, 0.717) is 6.04 Å². The molecule has 0 saturated heterocycles. The smallest absolute Gasteiger partial charge is 0.243 e. The summed E-state index contributed by atoms with van der Waals surface area (Å²) in [6.07, 6.45) is 7.17. The quantitative estimate of drug-likeness (QED) is 0.600. The summed E-state index contributed by atoms with van der Waals surface area (Å²) in [6, 6.07) is 0.732. The van der Waals surface area contributed by atoms with Gasteiger partial charge in [-0.1, -0.05) is 6.42 Å². The van der Waals surface area contributed by atoms with E-state index in [-0.39, 0.29) is 18.5 Å². The molecule has 3 aliphatic rings. The van der Waals surface area contributed by atoms with Crippen LogP contribution in [0.1, 0.15) is 43.8 Å². The van der Waals surface area contributed by atoms with Gasteiger partial charge in [0.15, 0.2) is 5.96 Å². The van der Waals surface area contributed by atoms with Gasteiger partial charge in [0.1, 0.15) is 18.2 Å². The van der Waals surface area contributed by atoms with E-state index in [4.69, 9.17) is 0 Å². The zero-order chi connectivity index (χ0) is 19.0. The normalized spacial score (nSPS) is 29.5. The minimum absolute atomic E-state index is 0.0156. The number of fused-ring (bicyclic) bond motifs is 3. The highest BCUT2D eigenvalue weighted by Gasteiger charge is 2.40. The van der Waals surface area contributed by atoms with E-state index in [1.165, 1.54) is 25.7 Å². The second kappa shape index (κ2) is 7.48. The molecule has 0 radical (unpaired) electrons. The summed E-state index contributed by atoms with van der Waals surface area (Å²) in [5.74, 6) is 4.30. The van der Waals surface area contributed by atoms with E-state index in [1.807, 2.05) is 11.6 Å². The summed E-state index contributed by atoms with van der Waals surface area (Å²) >= 11 is 0. The molecule has 0 aromatic carbocycles. The molecule has 2 heterocycles. The third kappa shape index (κ3) is 4.09. The molecule has 8 heteroatoms. The molecule has 2 fully saturated rings. The van der Waals surface area contributed by atoms with Crippen molar-refractivity contribution < 1.29 is 4.79 Å². The molecule has 27 heavy (non-hydrogen) atoms. The summed E-state index contributed by atoms with van der Waals surface area (Å²) in [4.78, 5) is 22.7. The molecule has 2 aliphatic carbocycles. The topological polar surface area (TPSA) is 87.4 Å². The molecule has 148 valence electrons. The highest BCUT2D eigenvalue weighted by atomic mass is 16.2. The van der Waals surface area contributed by atoms with Gasteiger partial charge in [-0.2, -0.15) is 5.10 Å². The number of aliphatic imine (C=N–C) groups is 1. The standard InChI is InChI=1S/C19H31N7O/c1-12-21-17-7-6-15(11-26(17)24-12)22-19(20-10-18(27)25(2)3)23-16-9-13-4-5-14(16)8-13/h13-16H,4-11H2,1-3H3,(H2,20,22,23). The average molecular weight is 374 g/mol. The van der Waals surface area contributed by atoms with Gasteiger partial charge in [-0.25, -0.2) is 14.7 Å². The van der Waals surface area contributed by atoms with Crippen LogP contribution in [0.2, 0.25) is 0 Å². The van der Waals surface area contributed by atoms with Crippen LogP contribution in [0.15, 0.2) is 4.99 Å². The number of amides is 1. The van der Waals surface area contributed by atoms with Gasteiger partial charge in [0, 0.05) is 32.6 Å². The Balaban J connectivity index is 1.42. The van der Waals surface area contributed by atoms with Crippen LogP contribution >= 0.6 is 0 Å². The van der Waals surface area contributed by atoms with Crippen LogP contribution in [-0.4, -0.2) is 64.3 Å². The van der Waals surface area contributed by atoms with Crippen molar-refractivity contribution in [3.05, 3.63) is 11.6 Å². The molecule has 2 saturated carbocycles. The maximum absolute atomic E-state index is 12.0. The van der Waals surface area contributed by atoms with E-state index >= 15 is 0 Å². The number of aryl methyl sites for hydroxylation is 2. The Labute approximate surface area is 160 Å². The monoisotopic (exact) mass is 373 g/mol. The molecule has 1 aliphatic heterocycles. The Hall–Kier alpha value is -2.12. The van der Waals surface area contributed by atoms with Crippen molar-refractivity contribution in [2.24, 2.45) is 16.8 Å². The molecule has 4 rings (SSSR count). The van der Waals surface area contributed by atoms with E-state index in [9.17, 15) is 4.79 Å². The number of guanidine groups is 1. The fourth-order valence-corrected chi connectivity index (χ4v) is 4.76. The Morgan fingerprint density at radius 2 is 2.11 bits per heavy atom. The van der Waals surface area contributed by atoms with Gasteiger partial charge in [0.25, 0.3) is 0 Å². The maximum atomic E-state index is 12.0. The first-order valence-corrected chi connectivity index (χ1v) is 10.2. The Morgan fingerprint density at radius 3 is 2.81 bits per heavy atom. The number of rotatable bonds is 4. The average Bonchev–Trinajstić information content (AvgIpc) is 3.33. The number of hydrogen-bond acceptors (Lipinski definition) is 4. The predicted octanol–water partition coefficient (Wildman–Crippen LogP) is 0.713. The van der Waals surface area contributed by atoms with Crippen molar-refractivity contribution in [2.75, 3.05) is 20.6 Å². The fourth-order valence-electron chi connectivity index (χ4n) is 4.76. The number of carbonyl (C=O) groups is 1. The Bertz CT molecular complexity index is 726. The lowest BCUT2D eigenvalue weighted by Crippen LogP contribution is -2.51. The molecule has 1 aromatic heterocycles. The molecule has 2 bridgehead atoms. The summed E-state index contributed by atoms with van der Waals surface area (Å²) < 4.78 is 2.00. The molecule has 4 unspecified atom stereocenters. The molecular weight excluding hydrogens is 342 g/mol. The second-order valence-corrected chi connectivity index (χ2v) is 8.52. The maximum Gasteiger partial charge on any atom is 0.243 e. The first-order valence-electron chi connectivity index (χ1n) is 10.2. The minimum Gasteiger partial charge on any atom is -0.353 e. The second-order valence-electron chi connectivity index (χ2n) is 8.52. The van der Waals surface area contributed by atoms with Gasteiger partial charge >= 0.3 is 0 Å². The third-order valence-electron chi connectivity index (χ3n) is 6.24. The first-order chi connectivity index (χ1) is 13.0. The molecule has 8 nitrogen and oxygen atoms in total. The Morgan fingerprint density at radius 1 is 1.26 bits per heavy atom. The lowest BCUT2D eigenvalue weighted by molar-refractivity contribution is -0.127. The summed E-state index contributed by atoms with van der Waals surface area (Å²) in [6.45, 7) is 2.89. The highest BCUT2D eigenvalue weighted by molar-refractivity contribution is 5.85. The number of hydrogen-bond donors (Lipinski definition) is 2. The van der Waals surface area contributed by atoms with Gasteiger partial charge < -0.3 is 15.5 Å². The predicted molar refractivity (Wildman–Crippen MR) is 103 cm³/mol. The SMILES string of the molecule is Cc1nc2n(n1)CC(NC(=NCC(=O)N(C)C)NC1CC3CCC1C3)CC2. The van der Waals surface area contributed by atoms with Crippen molar-refractivity contribution >= 4 is 11.9 Å². The number of carbonyl (C=O) groups excluding carboxylic acids is 1. The van der Waals surface area contributed by atoms with E-state index in [2.05, 4.69) is 25.7 Å². The van der Waals surface area contributed by atoms with Crippen LogP contribution in [0.5, 0.6) is 0 Å². The van der Waals surface area contributed by atoms with Gasteiger partial charge in [0.05, 0.1) is 6.54 Å². The van der Waals surface area contributed by atoms with Crippen molar-refractivity contribution in [2.45, 2.75) is 64.1 Å². The first kappa shape index (κ1) is 18.3. The number of likely N-dealkylation sites (N-methyl/N-ethyl adjacent to an activating group) is 1. The molecule has 1 amide bonds. The van der Waals surface area contributed by atoms with Crippen molar-refractivity contribution in [1.29, 1.82) is 0 Å². The largest absolute Gasteiger partial charge is 0.353 e. The van der Waals surface area contributed by atoms with Crippen LogP contribution in [0, 0.1) is 18.8 Å². The van der Waals surface area contributed by atoms with Crippen LogP contribution in [0.4, 0.5) is 0 Å². The summed E-state index contributed by atoms with van der Waals surface area (Å²) in [5, 5.41) is 11.7. The fraction of sp³-hybridized carbons (Fsp3) is 0.789. The molecular formula is C19H31N7O. The van der Waals surface area contributed by atoms with Crippen LogP contribution in [-0.2, 0) is 17.8 Å². The van der Waals surface area contributed by atoms with Crippen molar-refractivity contribution in [3.63, 3.8) is 0 Å². The van der Waals surface area contributed by atoms with Crippen molar-refractivity contribution in [1.82, 2.24) is 30.3 Å². The number of nitrogens with zero attached hydrogens (tertiary/aromatic N) is 5. The highest BCUT2D eigenvalue weighted by Crippen LogP contribution is 2.44. The molecule has 4 atom stereocenters. The van der Waals surface area contributed by atoms with E-state index in [0.717, 1.165) is 48.8 Å². The lowest BCUT2D eigenvalue weighted by Gasteiger charge is -2.29. The van der Waals surface area contributed by atoms with E-state index in [1.54, 1.807) is 19.0 Å². The van der Waals surface area contributed by atoms with Gasteiger partial charge in [0.2, 0.25) is 5.91 Å². The van der Waals surface area contributed by atoms with Gasteiger partial charge in [-0.15, -0.1) is 0 Å². The molecule has 2 N–H and O–H groups in total. The van der Waals surface area contributed by atoms with Crippen molar-refractivity contribution in [3.8, 4) is 0 Å².